The molecule has 0 fully saturated rings. The molecule has 0 aliphatic rings. The van der Waals surface area contributed by atoms with Crippen molar-refractivity contribution in [1.29, 1.82) is 0 Å². The zero-order valence-electron chi connectivity index (χ0n) is 12.1. The first-order valence-electron chi connectivity index (χ1n) is 6.81. The van der Waals surface area contributed by atoms with Crippen molar-refractivity contribution in [2.45, 2.75) is 32.5 Å². The normalized spacial score (nSPS) is 14.1. The molecule has 0 saturated carbocycles. The van der Waals surface area contributed by atoms with E-state index < -0.39 is 17.7 Å². The molecule has 4 nitrogen and oxygen atoms in total. The maximum absolute atomic E-state index is 13.5. The van der Waals surface area contributed by atoms with E-state index in [0.29, 0.717) is 6.54 Å². The summed E-state index contributed by atoms with van der Waals surface area (Å²) in [7, 11) is 0. The Morgan fingerprint density at radius 3 is 2.81 bits per heavy atom. The van der Waals surface area contributed by atoms with Gasteiger partial charge in [-0.15, -0.1) is 0 Å². The van der Waals surface area contributed by atoms with Crippen LogP contribution in [0.5, 0.6) is 0 Å². The van der Waals surface area contributed by atoms with Crippen molar-refractivity contribution in [1.82, 2.24) is 15.1 Å². The number of hydrogen-bond acceptors (Lipinski definition) is 3. The van der Waals surface area contributed by atoms with Gasteiger partial charge in [-0.25, -0.2) is 8.78 Å². The summed E-state index contributed by atoms with van der Waals surface area (Å²) in [4.78, 5) is 0. The van der Waals surface area contributed by atoms with Crippen LogP contribution in [-0.2, 0) is 6.54 Å². The van der Waals surface area contributed by atoms with Crippen LogP contribution in [0.1, 0.15) is 24.2 Å². The molecule has 0 amide bonds. The molecular weight excluding hydrogens is 276 g/mol. The van der Waals surface area contributed by atoms with E-state index in [1.54, 1.807) is 10.9 Å². The minimum Gasteiger partial charge on any atom is -0.387 e. The van der Waals surface area contributed by atoms with E-state index in [1.807, 2.05) is 20.0 Å². The first kappa shape index (κ1) is 15.6. The average molecular weight is 295 g/mol. The van der Waals surface area contributed by atoms with Crippen molar-refractivity contribution in [2.24, 2.45) is 0 Å². The fraction of sp³-hybridized carbons (Fsp3) is 0.400. The monoisotopic (exact) mass is 295 g/mol. The fourth-order valence-corrected chi connectivity index (χ4v) is 2.10. The van der Waals surface area contributed by atoms with Crippen molar-refractivity contribution in [2.75, 3.05) is 6.54 Å². The number of aliphatic hydroxyl groups is 1. The second-order valence-electron chi connectivity index (χ2n) is 5.23. The molecule has 1 heterocycles. The quantitative estimate of drug-likeness (QED) is 0.859. The van der Waals surface area contributed by atoms with Gasteiger partial charge in [0.15, 0.2) is 0 Å². The van der Waals surface area contributed by atoms with E-state index in [2.05, 4.69) is 10.4 Å². The predicted octanol–water partition coefficient (Wildman–Crippen LogP) is 2.18. The van der Waals surface area contributed by atoms with Gasteiger partial charge in [-0.05, 0) is 37.6 Å². The van der Waals surface area contributed by atoms with Crippen LogP contribution in [0.3, 0.4) is 0 Å². The second kappa shape index (κ2) is 6.78. The number of aromatic nitrogens is 2. The minimum atomic E-state index is -1.09. The molecule has 2 atom stereocenters. The Bertz CT molecular complexity index is 600. The Labute approximate surface area is 122 Å². The molecule has 114 valence electrons. The van der Waals surface area contributed by atoms with Crippen LogP contribution < -0.4 is 5.32 Å². The highest BCUT2D eigenvalue weighted by Gasteiger charge is 2.15. The van der Waals surface area contributed by atoms with Gasteiger partial charge in [-0.2, -0.15) is 5.10 Å². The Morgan fingerprint density at radius 2 is 2.14 bits per heavy atom. The Balaban J connectivity index is 1.88. The van der Waals surface area contributed by atoms with Gasteiger partial charge in [0.05, 0.1) is 18.8 Å². The van der Waals surface area contributed by atoms with Gasteiger partial charge in [-0.1, -0.05) is 0 Å². The summed E-state index contributed by atoms with van der Waals surface area (Å²) in [6, 6.07) is 3.10. The molecule has 2 rings (SSSR count). The molecule has 6 heteroatoms. The van der Waals surface area contributed by atoms with Crippen LogP contribution in [0.15, 0.2) is 30.6 Å². The molecule has 0 radical (unpaired) electrons. The molecule has 0 saturated heterocycles. The van der Waals surface area contributed by atoms with Crippen molar-refractivity contribution < 1.29 is 13.9 Å². The minimum absolute atomic E-state index is 0.0374. The van der Waals surface area contributed by atoms with Crippen molar-refractivity contribution in [3.8, 4) is 0 Å². The lowest BCUT2D eigenvalue weighted by Crippen LogP contribution is -2.34. The molecule has 0 aliphatic heterocycles. The van der Waals surface area contributed by atoms with Gasteiger partial charge in [-0.3, -0.25) is 4.68 Å². The first-order valence-corrected chi connectivity index (χ1v) is 6.81. The Kier molecular flexibility index (Phi) is 5.03. The Hall–Kier alpha value is -1.79. The topological polar surface area (TPSA) is 50.1 Å². The number of nitrogens with zero attached hydrogens (tertiary/aromatic N) is 2. The molecule has 21 heavy (non-hydrogen) atoms. The summed E-state index contributed by atoms with van der Waals surface area (Å²) in [5, 5.41) is 17.2. The maximum Gasteiger partial charge on any atom is 0.129 e. The molecule has 1 aromatic heterocycles. The lowest BCUT2D eigenvalue weighted by Gasteiger charge is -2.18. The molecule has 0 unspecified atom stereocenters. The number of aliphatic hydroxyl groups excluding tert-OH is 1. The highest BCUT2D eigenvalue weighted by Crippen LogP contribution is 2.17. The lowest BCUT2D eigenvalue weighted by atomic mass is 10.1. The van der Waals surface area contributed by atoms with Gasteiger partial charge < -0.3 is 10.4 Å². The van der Waals surface area contributed by atoms with Gasteiger partial charge in [0.25, 0.3) is 0 Å². The standard InChI is InChI=1S/C15H19F2N3O/c1-10-6-19-20(8-10)9-11(2)18-7-15(21)13-5-12(16)3-4-14(13)17/h3-6,8,11,15,18,21H,7,9H2,1-2H3/t11-,15+/m0/s1. The third-order valence-electron chi connectivity index (χ3n) is 3.20. The lowest BCUT2D eigenvalue weighted by molar-refractivity contribution is 0.164. The summed E-state index contributed by atoms with van der Waals surface area (Å²) in [6.07, 6.45) is 2.59. The third-order valence-corrected chi connectivity index (χ3v) is 3.20. The molecule has 2 N–H and O–H groups in total. The van der Waals surface area contributed by atoms with Crippen molar-refractivity contribution >= 4 is 0 Å². The SMILES string of the molecule is Cc1cnn(C[C@H](C)NC[C@@H](O)c2cc(F)ccc2F)c1. The van der Waals surface area contributed by atoms with Gasteiger partial charge in [0.1, 0.15) is 11.6 Å². The van der Waals surface area contributed by atoms with Gasteiger partial charge in [0.2, 0.25) is 0 Å². The summed E-state index contributed by atoms with van der Waals surface area (Å²) in [5.41, 5.74) is 1.04. The second-order valence-corrected chi connectivity index (χ2v) is 5.23. The van der Waals surface area contributed by atoms with Crippen LogP contribution >= 0.6 is 0 Å². The molecule has 1 aromatic carbocycles. The molecular formula is C15H19F2N3O. The number of benzene rings is 1. The van der Waals surface area contributed by atoms with E-state index >= 15 is 0 Å². The highest BCUT2D eigenvalue weighted by molar-refractivity contribution is 5.21. The first-order chi connectivity index (χ1) is 9.95. The number of rotatable bonds is 6. The van der Waals surface area contributed by atoms with E-state index in [4.69, 9.17) is 0 Å². The van der Waals surface area contributed by atoms with E-state index in [0.717, 1.165) is 23.8 Å². The molecule has 2 aromatic rings. The number of halogens is 2. The van der Waals surface area contributed by atoms with Gasteiger partial charge >= 0.3 is 0 Å². The molecule has 0 spiro atoms. The van der Waals surface area contributed by atoms with Crippen LogP contribution in [0.2, 0.25) is 0 Å². The van der Waals surface area contributed by atoms with Crippen molar-refractivity contribution in [3.63, 3.8) is 0 Å². The van der Waals surface area contributed by atoms with Crippen LogP contribution in [0, 0.1) is 18.6 Å². The zero-order valence-corrected chi connectivity index (χ0v) is 12.1. The summed E-state index contributed by atoms with van der Waals surface area (Å²) >= 11 is 0. The fourth-order valence-electron chi connectivity index (χ4n) is 2.10. The van der Waals surface area contributed by atoms with Crippen molar-refractivity contribution in [3.05, 3.63) is 53.4 Å². The highest BCUT2D eigenvalue weighted by atomic mass is 19.1. The number of nitrogens with one attached hydrogen (secondary N) is 1. The molecule has 0 bridgehead atoms. The van der Waals surface area contributed by atoms with Crippen LogP contribution in [-0.4, -0.2) is 27.5 Å². The van der Waals surface area contributed by atoms with Crippen LogP contribution in [0.25, 0.3) is 0 Å². The van der Waals surface area contributed by atoms with Crippen LogP contribution in [0.4, 0.5) is 8.78 Å². The average Bonchev–Trinajstić information content (AvgIpc) is 2.84. The van der Waals surface area contributed by atoms with E-state index in [9.17, 15) is 13.9 Å². The largest absolute Gasteiger partial charge is 0.387 e. The summed E-state index contributed by atoms with van der Waals surface area (Å²) in [5.74, 6) is -1.17. The smallest absolute Gasteiger partial charge is 0.129 e. The van der Waals surface area contributed by atoms with E-state index in [-0.39, 0.29) is 18.2 Å². The van der Waals surface area contributed by atoms with Gasteiger partial charge in [0, 0.05) is 24.3 Å². The third kappa shape index (κ3) is 4.34. The number of aryl methyl sites for hydroxylation is 1. The number of hydrogen-bond donors (Lipinski definition) is 2. The zero-order chi connectivity index (χ0) is 15.4. The Morgan fingerprint density at radius 1 is 1.38 bits per heavy atom. The van der Waals surface area contributed by atoms with E-state index in [1.165, 1.54) is 0 Å². The summed E-state index contributed by atoms with van der Waals surface area (Å²) in [6.45, 7) is 4.66. The summed E-state index contributed by atoms with van der Waals surface area (Å²) < 4.78 is 28.4. The molecule has 0 aliphatic carbocycles. The predicted molar refractivity (Wildman–Crippen MR) is 75.7 cm³/mol. The maximum atomic E-state index is 13.5.